The average Bonchev–Trinajstić information content (AvgIpc) is 2.51. The molecule has 0 unspecified atom stereocenters. The molecule has 0 aromatic heterocycles. The van der Waals surface area contributed by atoms with E-state index in [1.807, 2.05) is 0 Å². The van der Waals surface area contributed by atoms with Crippen LogP contribution in [0, 0.1) is 0 Å². The van der Waals surface area contributed by atoms with Crippen LogP contribution < -0.4 is 10.0 Å². The van der Waals surface area contributed by atoms with Crippen LogP contribution in [0.4, 0.5) is 18.9 Å². The molecule has 25 heavy (non-hydrogen) atoms. The number of carbonyl (C=O) groups is 1. The fraction of sp³-hybridized carbons (Fsp3) is 0.188. The summed E-state index contributed by atoms with van der Waals surface area (Å²) in [5.74, 6) is -0.607. The summed E-state index contributed by atoms with van der Waals surface area (Å²) in [6, 6.07) is 10.5. The van der Waals surface area contributed by atoms with Crippen LogP contribution in [0.3, 0.4) is 0 Å². The number of anilines is 1. The average molecular weight is 372 g/mol. The second-order valence-corrected chi connectivity index (χ2v) is 7.05. The maximum atomic E-state index is 12.7. The molecule has 0 bridgehead atoms. The number of nitrogens with one attached hydrogen (secondary N) is 2. The Kier molecular flexibility index (Phi) is 5.36. The molecule has 2 rings (SSSR count). The third kappa shape index (κ3) is 5.49. The topological polar surface area (TPSA) is 75.3 Å². The lowest BCUT2D eigenvalue weighted by Gasteiger charge is -2.12. The number of para-hydroxylation sites is 1. The molecule has 134 valence electrons. The molecular weight excluding hydrogens is 357 g/mol. The van der Waals surface area contributed by atoms with Crippen molar-refractivity contribution in [3.05, 3.63) is 65.2 Å². The lowest BCUT2D eigenvalue weighted by Crippen LogP contribution is -2.24. The molecule has 1 amide bonds. The Labute approximate surface area is 142 Å². The number of benzene rings is 2. The van der Waals surface area contributed by atoms with Gasteiger partial charge in [0.15, 0.2) is 0 Å². The first-order chi connectivity index (χ1) is 11.6. The fourth-order valence-corrected chi connectivity index (χ4v) is 2.68. The van der Waals surface area contributed by atoms with E-state index in [1.165, 1.54) is 24.3 Å². The lowest BCUT2D eigenvalue weighted by atomic mass is 10.1. The summed E-state index contributed by atoms with van der Waals surface area (Å²) < 4.78 is 63.0. The largest absolute Gasteiger partial charge is 0.416 e. The second-order valence-electron chi connectivity index (χ2n) is 5.30. The molecule has 0 radical (unpaired) electrons. The zero-order chi connectivity index (χ0) is 18.7. The minimum absolute atomic E-state index is 0.0694. The Morgan fingerprint density at radius 2 is 1.76 bits per heavy atom. The van der Waals surface area contributed by atoms with Gasteiger partial charge in [0.1, 0.15) is 0 Å². The van der Waals surface area contributed by atoms with Gasteiger partial charge in [-0.05, 0) is 29.8 Å². The van der Waals surface area contributed by atoms with Crippen LogP contribution in [-0.4, -0.2) is 20.6 Å². The van der Waals surface area contributed by atoms with E-state index in [1.54, 1.807) is 12.1 Å². The Morgan fingerprint density at radius 3 is 2.40 bits per heavy atom. The van der Waals surface area contributed by atoms with Gasteiger partial charge < -0.3 is 5.32 Å². The predicted molar refractivity (Wildman–Crippen MR) is 87.5 cm³/mol. The molecule has 0 saturated heterocycles. The van der Waals surface area contributed by atoms with E-state index in [0.29, 0.717) is 0 Å². The highest BCUT2D eigenvalue weighted by atomic mass is 32.2. The number of halogens is 3. The van der Waals surface area contributed by atoms with E-state index in [4.69, 9.17) is 0 Å². The summed E-state index contributed by atoms with van der Waals surface area (Å²) in [6.07, 6.45) is -3.52. The first kappa shape index (κ1) is 18.8. The van der Waals surface area contributed by atoms with Crippen molar-refractivity contribution in [2.75, 3.05) is 11.0 Å². The highest BCUT2D eigenvalue weighted by Gasteiger charge is 2.30. The van der Waals surface area contributed by atoms with E-state index >= 15 is 0 Å². The zero-order valence-electron chi connectivity index (χ0n) is 13.1. The van der Waals surface area contributed by atoms with E-state index in [2.05, 4.69) is 10.0 Å². The molecule has 0 saturated carbocycles. The molecule has 9 heteroatoms. The summed E-state index contributed by atoms with van der Waals surface area (Å²) in [4.78, 5) is 12.2. The van der Waals surface area contributed by atoms with Crippen molar-refractivity contribution < 1.29 is 26.4 Å². The quantitative estimate of drug-likeness (QED) is 0.847. The van der Waals surface area contributed by atoms with E-state index < -0.39 is 27.7 Å². The number of rotatable bonds is 5. The molecule has 2 aromatic carbocycles. The smallest absolute Gasteiger partial charge is 0.348 e. The van der Waals surface area contributed by atoms with Crippen molar-refractivity contribution in [3.63, 3.8) is 0 Å². The maximum Gasteiger partial charge on any atom is 0.416 e. The number of hydrogen-bond donors (Lipinski definition) is 2. The van der Waals surface area contributed by atoms with Crippen LogP contribution in [0.2, 0.25) is 0 Å². The Hall–Kier alpha value is -2.55. The zero-order valence-corrected chi connectivity index (χ0v) is 13.9. The maximum absolute atomic E-state index is 12.7. The van der Waals surface area contributed by atoms with Gasteiger partial charge in [-0.3, -0.25) is 9.52 Å². The van der Waals surface area contributed by atoms with Gasteiger partial charge in [-0.1, -0.05) is 24.3 Å². The first-order valence-corrected chi connectivity index (χ1v) is 8.96. The van der Waals surface area contributed by atoms with Crippen molar-refractivity contribution in [1.82, 2.24) is 5.32 Å². The standard InChI is InChI=1S/C16H15F3N2O3S/c1-25(23,24)21-14-8-3-2-7-13(14)15(22)20-10-11-5-4-6-12(9-11)16(17,18)19/h2-9,21H,10H2,1H3,(H,20,22). The van der Waals surface area contributed by atoms with Gasteiger partial charge in [0, 0.05) is 6.54 Å². The Bertz CT molecular complexity index is 880. The summed E-state index contributed by atoms with van der Waals surface area (Å²) in [5.41, 5.74) is -0.374. The molecule has 2 N–H and O–H groups in total. The van der Waals surface area contributed by atoms with Gasteiger partial charge in [-0.15, -0.1) is 0 Å². The minimum Gasteiger partial charge on any atom is -0.348 e. The molecule has 0 aliphatic heterocycles. The van der Waals surface area contributed by atoms with Crippen molar-refractivity contribution in [1.29, 1.82) is 0 Å². The molecule has 5 nitrogen and oxygen atoms in total. The van der Waals surface area contributed by atoms with E-state index in [0.717, 1.165) is 18.4 Å². The van der Waals surface area contributed by atoms with Crippen LogP contribution in [0.25, 0.3) is 0 Å². The van der Waals surface area contributed by atoms with Crippen molar-refractivity contribution >= 4 is 21.6 Å². The predicted octanol–water partition coefficient (Wildman–Crippen LogP) is 3.01. The molecule has 0 atom stereocenters. The minimum atomic E-state index is -4.47. The van der Waals surface area contributed by atoms with Crippen LogP contribution in [-0.2, 0) is 22.7 Å². The number of hydrogen-bond acceptors (Lipinski definition) is 3. The highest BCUT2D eigenvalue weighted by molar-refractivity contribution is 7.92. The van der Waals surface area contributed by atoms with Crippen molar-refractivity contribution in [2.24, 2.45) is 0 Å². The Balaban J connectivity index is 2.14. The Morgan fingerprint density at radius 1 is 1.08 bits per heavy atom. The monoisotopic (exact) mass is 372 g/mol. The molecule has 0 fully saturated rings. The summed E-state index contributed by atoms with van der Waals surface area (Å²) in [6.45, 7) is -0.129. The van der Waals surface area contributed by atoms with Gasteiger partial charge in [0.25, 0.3) is 5.91 Å². The number of carbonyl (C=O) groups excluding carboxylic acids is 1. The third-order valence-corrected chi connectivity index (χ3v) is 3.77. The number of sulfonamides is 1. The fourth-order valence-electron chi connectivity index (χ4n) is 2.11. The molecule has 0 heterocycles. The number of amides is 1. The van der Waals surface area contributed by atoms with Crippen LogP contribution in [0.5, 0.6) is 0 Å². The highest BCUT2D eigenvalue weighted by Crippen LogP contribution is 2.29. The molecule has 0 spiro atoms. The van der Waals surface area contributed by atoms with Gasteiger partial charge in [-0.2, -0.15) is 13.2 Å². The van der Waals surface area contributed by atoms with Crippen molar-refractivity contribution in [3.8, 4) is 0 Å². The first-order valence-electron chi connectivity index (χ1n) is 7.07. The van der Waals surface area contributed by atoms with Gasteiger partial charge in [0.2, 0.25) is 10.0 Å². The normalized spacial score (nSPS) is 11.8. The number of alkyl halides is 3. The second kappa shape index (κ2) is 7.14. The third-order valence-electron chi connectivity index (χ3n) is 3.17. The van der Waals surface area contributed by atoms with Gasteiger partial charge >= 0.3 is 6.18 Å². The molecule has 0 aliphatic rings. The van der Waals surface area contributed by atoms with E-state index in [9.17, 15) is 26.4 Å². The van der Waals surface area contributed by atoms with Crippen LogP contribution >= 0.6 is 0 Å². The van der Waals surface area contributed by atoms with Gasteiger partial charge in [-0.25, -0.2) is 8.42 Å². The van der Waals surface area contributed by atoms with Crippen LogP contribution in [0.1, 0.15) is 21.5 Å². The molecule has 0 aliphatic carbocycles. The van der Waals surface area contributed by atoms with Crippen LogP contribution in [0.15, 0.2) is 48.5 Å². The molecule has 2 aromatic rings. The van der Waals surface area contributed by atoms with E-state index in [-0.39, 0.29) is 23.4 Å². The molecular formula is C16H15F3N2O3S. The summed E-state index contributed by atoms with van der Waals surface area (Å²) in [5, 5.41) is 2.48. The SMILES string of the molecule is CS(=O)(=O)Nc1ccccc1C(=O)NCc1cccc(C(F)(F)F)c1. The summed E-state index contributed by atoms with van der Waals surface area (Å²) in [7, 11) is -3.58. The van der Waals surface area contributed by atoms with Crippen molar-refractivity contribution in [2.45, 2.75) is 12.7 Å². The summed E-state index contributed by atoms with van der Waals surface area (Å²) >= 11 is 0. The lowest BCUT2D eigenvalue weighted by molar-refractivity contribution is -0.137. The van der Waals surface area contributed by atoms with Gasteiger partial charge in [0.05, 0.1) is 23.1 Å².